The summed E-state index contributed by atoms with van der Waals surface area (Å²) < 4.78 is 0. The van der Waals surface area contributed by atoms with Crippen LogP contribution in [-0.2, 0) is 16.0 Å². The number of hydrogen-bond donors (Lipinski definition) is 2. The molecule has 1 heterocycles. The Morgan fingerprint density at radius 3 is 2.38 bits per heavy atom. The first kappa shape index (κ1) is 25.4. The number of amides is 3. The molecule has 0 aliphatic carbocycles. The molecule has 34 heavy (non-hydrogen) atoms. The number of para-hydroxylation sites is 1. The standard InChI is InChI=1S/C27H36N4O3/c1-5-21-11-7-9-13-24(21)29-25(32)18-30(4)27(34)20(3)31-16-14-22(15-17-31)28-26(33)23-12-8-6-10-19(23)2/h6-13,20,22H,5,14-18H2,1-4H3,(H,28,33)(H,29,32). The highest BCUT2D eigenvalue weighted by atomic mass is 16.2. The van der Waals surface area contributed by atoms with E-state index in [4.69, 9.17) is 0 Å². The smallest absolute Gasteiger partial charge is 0.251 e. The lowest BCUT2D eigenvalue weighted by Crippen LogP contribution is -2.52. The molecule has 7 heteroatoms. The molecule has 2 aromatic carbocycles. The van der Waals surface area contributed by atoms with Crippen molar-refractivity contribution < 1.29 is 14.4 Å². The number of anilines is 1. The van der Waals surface area contributed by atoms with E-state index in [9.17, 15) is 14.4 Å². The number of benzene rings is 2. The van der Waals surface area contributed by atoms with E-state index in [1.54, 1.807) is 7.05 Å². The van der Waals surface area contributed by atoms with Crippen LogP contribution in [0.25, 0.3) is 0 Å². The van der Waals surface area contributed by atoms with Gasteiger partial charge in [0.2, 0.25) is 11.8 Å². The number of aryl methyl sites for hydroxylation is 2. The quantitative estimate of drug-likeness (QED) is 0.629. The van der Waals surface area contributed by atoms with Crippen LogP contribution >= 0.6 is 0 Å². The maximum atomic E-state index is 13.0. The van der Waals surface area contributed by atoms with Gasteiger partial charge in [-0.05, 0) is 56.4 Å². The molecule has 0 saturated carbocycles. The molecule has 1 aliphatic rings. The molecule has 0 aromatic heterocycles. The van der Waals surface area contributed by atoms with Gasteiger partial charge in [-0.25, -0.2) is 0 Å². The number of carbonyl (C=O) groups excluding carboxylic acids is 3. The second-order valence-electron chi connectivity index (χ2n) is 9.03. The average Bonchev–Trinajstić information content (AvgIpc) is 2.84. The van der Waals surface area contributed by atoms with Crippen LogP contribution in [-0.4, -0.2) is 66.3 Å². The van der Waals surface area contributed by atoms with Gasteiger partial charge in [-0.3, -0.25) is 19.3 Å². The van der Waals surface area contributed by atoms with Crippen molar-refractivity contribution in [2.24, 2.45) is 0 Å². The second kappa shape index (κ2) is 11.8. The zero-order chi connectivity index (χ0) is 24.7. The van der Waals surface area contributed by atoms with E-state index in [0.29, 0.717) is 5.56 Å². The molecule has 1 aliphatic heterocycles. The largest absolute Gasteiger partial charge is 0.349 e. The summed E-state index contributed by atoms with van der Waals surface area (Å²) in [6.45, 7) is 7.30. The average molecular weight is 465 g/mol. The minimum atomic E-state index is -0.325. The Balaban J connectivity index is 1.47. The molecular weight excluding hydrogens is 428 g/mol. The monoisotopic (exact) mass is 464 g/mol. The first-order valence-corrected chi connectivity index (χ1v) is 12.0. The lowest BCUT2D eigenvalue weighted by Gasteiger charge is -2.36. The molecule has 3 rings (SSSR count). The Kier molecular flexibility index (Phi) is 8.82. The van der Waals surface area contributed by atoms with Gasteiger partial charge < -0.3 is 15.5 Å². The third-order valence-electron chi connectivity index (χ3n) is 6.59. The van der Waals surface area contributed by atoms with Crippen LogP contribution in [0.15, 0.2) is 48.5 Å². The molecule has 182 valence electrons. The molecule has 0 radical (unpaired) electrons. The van der Waals surface area contributed by atoms with Crippen LogP contribution in [0.4, 0.5) is 5.69 Å². The molecule has 2 aromatic rings. The third kappa shape index (κ3) is 6.44. The second-order valence-corrected chi connectivity index (χ2v) is 9.03. The van der Waals surface area contributed by atoms with Crippen molar-refractivity contribution in [2.75, 3.05) is 32.0 Å². The van der Waals surface area contributed by atoms with E-state index in [-0.39, 0.29) is 36.3 Å². The molecule has 2 N–H and O–H groups in total. The predicted molar refractivity (Wildman–Crippen MR) is 135 cm³/mol. The highest BCUT2D eigenvalue weighted by molar-refractivity contribution is 5.96. The lowest BCUT2D eigenvalue weighted by molar-refractivity contribution is -0.138. The van der Waals surface area contributed by atoms with Crippen molar-refractivity contribution in [3.63, 3.8) is 0 Å². The fraction of sp³-hybridized carbons (Fsp3) is 0.444. The van der Waals surface area contributed by atoms with Crippen LogP contribution < -0.4 is 10.6 Å². The summed E-state index contributed by atoms with van der Waals surface area (Å²) in [6, 6.07) is 15.0. The summed E-state index contributed by atoms with van der Waals surface area (Å²) in [4.78, 5) is 41.7. The Morgan fingerprint density at radius 2 is 1.71 bits per heavy atom. The maximum absolute atomic E-state index is 13.0. The van der Waals surface area contributed by atoms with Crippen molar-refractivity contribution in [1.82, 2.24) is 15.1 Å². The van der Waals surface area contributed by atoms with Gasteiger partial charge in [-0.15, -0.1) is 0 Å². The first-order chi connectivity index (χ1) is 16.3. The van der Waals surface area contributed by atoms with E-state index in [1.807, 2.05) is 69.3 Å². The number of hydrogen-bond acceptors (Lipinski definition) is 4. The van der Waals surface area contributed by atoms with Gasteiger partial charge in [0.1, 0.15) is 0 Å². The lowest BCUT2D eigenvalue weighted by atomic mass is 10.0. The zero-order valence-electron chi connectivity index (χ0n) is 20.6. The number of likely N-dealkylation sites (N-methyl/N-ethyl adjacent to an activating group) is 1. The summed E-state index contributed by atoms with van der Waals surface area (Å²) in [7, 11) is 1.67. The van der Waals surface area contributed by atoms with Crippen LogP contribution in [0.2, 0.25) is 0 Å². The van der Waals surface area contributed by atoms with Gasteiger partial charge in [0.25, 0.3) is 5.91 Å². The van der Waals surface area contributed by atoms with Crippen molar-refractivity contribution in [3.8, 4) is 0 Å². The molecule has 1 unspecified atom stereocenters. The summed E-state index contributed by atoms with van der Waals surface area (Å²) >= 11 is 0. The van der Waals surface area contributed by atoms with E-state index >= 15 is 0 Å². The first-order valence-electron chi connectivity index (χ1n) is 12.0. The highest BCUT2D eigenvalue weighted by Crippen LogP contribution is 2.17. The van der Waals surface area contributed by atoms with E-state index in [1.165, 1.54) is 4.90 Å². The van der Waals surface area contributed by atoms with Gasteiger partial charge in [0, 0.05) is 37.4 Å². The van der Waals surface area contributed by atoms with Crippen molar-refractivity contribution in [3.05, 3.63) is 65.2 Å². The third-order valence-corrected chi connectivity index (χ3v) is 6.59. The predicted octanol–water partition coefficient (Wildman–Crippen LogP) is 3.24. The van der Waals surface area contributed by atoms with Crippen LogP contribution in [0, 0.1) is 6.92 Å². The van der Waals surface area contributed by atoms with E-state index in [2.05, 4.69) is 15.5 Å². The van der Waals surface area contributed by atoms with Gasteiger partial charge in [0.05, 0.1) is 12.6 Å². The molecule has 1 fully saturated rings. The number of nitrogens with one attached hydrogen (secondary N) is 2. The van der Waals surface area contributed by atoms with Crippen molar-refractivity contribution in [1.29, 1.82) is 0 Å². The fourth-order valence-corrected chi connectivity index (χ4v) is 4.43. The normalized spacial score (nSPS) is 15.4. The molecular formula is C27H36N4O3. The summed E-state index contributed by atoms with van der Waals surface area (Å²) in [6.07, 6.45) is 2.39. The molecule has 1 atom stereocenters. The van der Waals surface area contributed by atoms with Gasteiger partial charge in [-0.2, -0.15) is 0 Å². The van der Waals surface area contributed by atoms with Gasteiger partial charge in [0.15, 0.2) is 0 Å². The minimum absolute atomic E-state index is 0.00414. The number of rotatable bonds is 8. The SMILES string of the molecule is CCc1ccccc1NC(=O)CN(C)C(=O)C(C)N1CCC(NC(=O)c2ccccc2C)CC1. The van der Waals surface area contributed by atoms with Crippen LogP contribution in [0.5, 0.6) is 0 Å². The van der Waals surface area contributed by atoms with Crippen LogP contribution in [0.1, 0.15) is 48.2 Å². The van der Waals surface area contributed by atoms with Crippen molar-refractivity contribution >= 4 is 23.4 Å². The highest BCUT2D eigenvalue weighted by Gasteiger charge is 2.29. The van der Waals surface area contributed by atoms with Gasteiger partial charge >= 0.3 is 0 Å². The summed E-state index contributed by atoms with van der Waals surface area (Å²) in [5.74, 6) is -0.334. The Labute approximate surface area is 202 Å². The fourth-order valence-electron chi connectivity index (χ4n) is 4.43. The number of carbonyl (C=O) groups is 3. The summed E-state index contributed by atoms with van der Waals surface area (Å²) in [5, 5.41) is 6.05. The molecule has 1 saturated heterocycles. The topological polar surface area (TPSA) is 81.8 Å². The Hall–Kier alpha value is -3.19. The molecule has 0 spiro atoms. The molecule has 3 amide bonds. The van der Waals surface area contributed by atoms with Crippen molar-refractivity contribution in [2.45, 2.75) is 52.1 Å². The van der Waals surface area contributed by atoms with Gasteiger partial charge in [-0.1, -0.05) is 43.3 Å². The number of nitrogens with zero attached hydrogens (tertiary/aromatic N) is 2. The molecule has 7 nitrogen and oxygen atoms in total. The number of piperidine rings is 1. The molecule has 0 bridgehead atoms. The Morgan fingerprint density at radius 1 is 1.06 bits per heavy atom. The van der Waals surface area contributed by atoms with E-state index < -0.39 is 0 Å². The summed E-state index contributed by atoms with van der Waals surface area (Å²) in [5.41, 5.74) is 3.52. The minimum Gasteiger partial charge on any atom is -0.349 e. The Bertz CT molecular complexity index is 1010. The van der Waals surface area contributed by atoms with Crippen LogP contribution in [0.3, 0.4) is 0 Å². The number of likely N-dealkylation sites (tertiary alicyclic amines) is 1. The zero-order valence-corrected chi connectivity index (χ0v) is 20.6. The maximum Gasteiger partial charge on any atom is 0.251 e. The van der Waals surface area contributed by atoms with E-state index in [0.717, 1.165) is 49.2 Å².